The maximum atomic E-state index is 11.1. The lowest BCUT2D eigenvalue weighted by Crippen LogP contribution is -2.08. The molecule has 0 radical (unpaired) electrons. The molecule has 1 heterocycles. The van der Waals surface area contributed by atoms with Gasteiger partial charge in [0, 0.05) is 4.91 Å². The average molecular weight is 156 g/mol. The van der Waals surface area contributed by atoms with Gasteiger partial charge in [0.25, 0.3) is 0 Å². The fourth-order valence-electron chi connectivity index (χ4n) is 1.17. The highest BCUT2D eigenvalue weighted by Crippen LogP contribution is 2.25. The molecule has 1 saturated heterocycles. The topological polar surface area (TPSA) is 26.3 Å². The third-order valence-electron chi connectivity index (χ3n) is 1.70. The lowest BCUT2D eigenvalue weighted by Gasteiger charge is -2.08. The summed E-state index contributed by atoms with van der Waals surface area (Å²) in [7, 11) is -0.852. The van der Waals surface area contributed by atoms with Crippen molar-refractivity contribution in [2.75, 3.05) is 5.94 Å². The standard InChI is InChI=1S/C7H8O2S/c8-10-5-9-6-3-1-2-4-7(6)10/h1-2,4,6H,3,5H2. The van der Waals surface area contributed by atoms with E-state index in [2.05, 4.69) is 0 Å². The summed E-state index contributed by atoms with van der Waals surface area (Å²) in [6.45, 7) is 0. The van der Waals surface area contributed by atoms with E-state index in [0.717, 1.165) is 11.3 Å². The molecule has 54 valence electrons. The normalized spacial score (nSPS) is 37.4. The number of allylic oxidation sites excluding steroid dienone is 2. The fraction of sp³-hybridized carbons (Fsp3) is 0.429. The molecule has 0 N–H and O–H groups in total. The van der Waals surface area contributed by atoms with Crippen molar-refractivity contribution in [1.29, 1.82) is 0 Å². The van der Waals surface area contributed by atoms with Gasteiger partial charge in [-0.3, -0.25) is 4.21 Å². The monoisotopic (exact) mass is 156 g/mol. The molecule has 2 aliphatic rings. The third kappa shape index (κ3) is 0.859. The minimum absolute atomic E-state index is 0.117. The van der Waals surface area contributed by atoms with Crippen LogP contribution in [0.3, 0.4) is 0 Å². The molecule has 2 rings (SSSR count). The highest BCUT2D eigenvalue weighted by Gasteiger charge is 2.27. The molecule has 2 nitrogen and oxygen atoms in total. The van der Waals surface area contributed by atoms with Gasteiger partial charge in [0.2, 0.25) is 0 Å². The van der Waals surface area contributed by atoms with Gasteiger partial charge in [-0.25, -0.2) is 0 Å². The van der Waals surface area contributed by atoms with E-state index in [1.165, 1.54) is 0 Å². The second kappa shape index (κ2) is 2.32. The molecule has 10 heavy (non-hydrogen) atoms. The molecule has 0 aromatic carbocycles. The minimum Gasteiger partial charge on any atom is -0.359 e. The number of rotatable bonds is 0. The largest absolute Gasteiger partial charge is 0.359 e. The first kappa shape index (κ1) is 6.31. The zero-order valence-corrected chi connectivity index (χ0v) is 6.26. The zero-order chi connectivity index (χ0) is 6.97. The maximum Gasteiger partial charge on any atom is 0.127 e. The van der Waals surface area contributed by atoms with Gasteiger partial charge in [-0.15, -0.1) is 0 Å². The molecule has 0 saturated carbocycles. The summed E-state index contributed by atoms with van der Waals surface area (Å²) in [4.78, 5) is 0.961. The average Bonchev–Trinajstić information content (AvgIpc) is 2.34. The molecule has 0 amide bonds. The smallest absolute Gasteiger partial charge is 0.127 e. The van der Waals surface area contributed by atoms with E-state index in [4.69, 9.17) is 4.74 Å². The first-order valence-electron chi connectivity index (χ1n) is 3.24. The van der Waals surface area contributed by atoms with Crippen molar-refractivity contribution in [2.24, 2.45) is 0 Å². The van der Waals surface area contributed by atoms with Gasteiger partial charge < -0.3 is 4.74 Å². The van der Waals surface area contributed by atoms with E-state index in [1.54, 1.807) is 0 Å². The summed E-state index contributed by atoms with van der Waals surface area (Å²) < 4.78 is 16.3. The molecule has 0 aromatic heterocycles. The molecule has 0 aromatic rings. The van der Waals surface area contributed by atoms with E-state index in [-0.39, 0.29) is 6.10 Å². The number of fused-ring (bicyclic) bond motifs is 1. The van der Waals surface area contributed by atoms with Gasteiger partial charge in [-0.05, 0) is 12.5 Å². The highest BCUT2D eigenvalue weighted by molar-refractivity contribution is 7.89. The van der Waals surface area contributed by atoms with Crippen LogP contribution in [0.4, 0.5) is 0 Å². The molecule has 3 heteroatoms. The van der Waals surface area contributed by atoms with Crippen molar-refractivity contribution in [3.05, 3.63) is 23.1 Å². The lowest BCUT2D eigenvalue weighted by molar-refractivity contribution is 0.138. The Labute approximate surface area is 62.0 Å². The Morgan fingerprint density at radius 3 is 3.40 bits per heavy atom. The van der Waals surface area contributed by atoms with Gasteiger partial charge >= 0.3 is 0 Å². The number of hydrogen-bond donors (Lipinski definition) is 0. The Morgan fingerprint density at radius 1 is 1.70 bits per heavy atom. The molecule has 0 bridgehead atoms. The Balaban J connectivity index is 2.33. The van der Waals surface area contributed by atoms with Gasteiger partial charge in [-0.1, -0.05) is 12.2 Å². The predicted octanol–water partition coefficient (Wildman–Crippen LogP) is 0.935. The van der Waals surface area contributed by atoms with Crippen LogP contribution >= 0.6 is 0 Å². The second-order valence-corrected chi connectivity index (χ2v) is 3.75. The Morgan fingerprint density at radius 2 is 2.60 bits per heavy atom. The molecule has 1 fully saturated rings. The minimum atomic E-state index is -0.852. The third-order valence-corrected chi connectivity index (χ3v) is 2.98. The van der Waals surface area contributed by atoms with Gasteiger partial charge in [0.1, 0.15) is 5.94 Å². The lowest BCUT2D eigenvalue weighted by atomic mass is 10.1. The fourth-order valence-corrected chi connectivity index (χ4v) is 2.28. The molecule has 2 atom stereocenters. The molecular weight excluding hydrogens is 148 g/mol. The second-order valence-electron chi connectivity index (χ2n) is 2.35. The van der Waals surface area contributed by atoms with Crippen LogP contribution in [0.2, 0.25) is 0 Å². The number of hydrogen-bond acceptors (Lipinski definition) is 2. The van der Waals surface area contributed by atoms with Gasteiger partial charge in [-0.2, -0.15) is 0 Å². The van der Waals surface area contributed by atoms with Crippen molar-refractivity contribution in [1.82, 2.24) is 0 Å². The molecule has 1 aliphatic heterocycles. The van der Waals surface area contributed by atoms with Gasteiger partial charge in [0.15, 0.2) is 0 Å². The van der Waals surface area contributed by atoms with Crippen molar-refractivity contribution in [3.8, 4) is 0 Å². The Kier molecular flexibility index (Phi) is 1.47. The Hall–Kier alpha value is -0.410. The summed E-state index contributed by atoms with van der Waals surface area (Å²) >= 11 is 0. The summed E-state index contributed by atoms with van der Waals surface area (Å²) in [6.07, 6.45) is 6.88. The first-order chi connectivity index (χ1) is 4.88. The van der Waals surface area contributed by atoms with Crippen molar-refractivity contribution in [2.45, 2.75) is 12.5 Å². The zero-order valence-electron chi connectivity index (χ0n) is 5.45. The SMILES string of the molecule is O=S1COC2CC=CC=C21. The van der Waals surface area contributed by atoms with E-state index in [1.807, 2.05) is 18.2 Å². The van der Waals surface area contributed by atoms with E-state index < -0.39 is 10.8 Å². The van der Waals surface area contributed by atoms with Crippen molar-refractivity contribution in [3.63, 3.8) is 0 Å². The van der Waals surface area contributed by atoms with E-state index >= 15 is 0 Å². The van der Waals surface area contributed by atoms with Crippen LogP contribution in [-0.2, 0) is 15.5 Å². The summed E-state index contributed by atoms with van der Waals surface area (Å²) in [5.74, 6) is 0.387. The van der Waals surface area contributed by atoms with E-state index in [9.17, 15) is 4.21 Å². The predicted molar refractivity (Wildman–Crippen MR) is 39.7 cm³/mol. The van der Waals surface area contributed by atoms with Crippen LogP contribution < -0.4 is 0 Å². The molecule has 2 unspecified atom stereocenters. The summed E-state index contributed by atoms with van der Waals surface area (Å²) in [6, 6.07) is 0. The van der Waals surface area contributed by atoms with Crippen molar-refractivity contribution >= 4 is 10.8 Å². The molecular formula is C7H8O2S. The quantitative estimate of drug-likeness (QED) is 0.521. The Bertz CT molecular complexity index is 230. The highest BCUT2D eigenvalue weighted by atomic mass is 32.2. The van der Waals surface area contributed by atoms with Crippen LogP contribution in [0, 0.1) is 0 Å². The van der Waals surface area contributed by atoms with Crippen LogP contribution in [0.5, 0.6) is 0 Å². The van der Waals surface area contributed by atoms with Crippen LogP contribution in [0.15, 0.2) is 23.1 Å². The van der Waals surface area contributed by atoms with E-state index in [0.29, 0.717) is 5.94 Å². The molecule has 1 aliphatic carbocycles. The summed E-state index contributed by atoms with van der Waals surface area (Å²) in [5, 5.41) is 0. The molecule has 0 spiro atoms. The van der Waals surface area contributed by atoms with Gasteiger partial charge in [0.05, 0.1) is 16.9 Å². The summed E-state index contributed by atoms with van der Waals surface area (Å²) in [5.41, 5.74) is 0. The van der Waals surface area contributed by atoms with Crippen LogP contribution in [0.25, 0.3) is 0 Å². The van der Waals surface area contributed by atoms with Crippen LogP contribution in [0.1, 0.15) is 6.42 Å². The van der Waals surface area contributed by atoms with Crippen molar-refractivity contribution < 1.29 is 8.95 Å². The number of ether oxygens (including phenoxy) is 1. The van der Waals surface area contributed by atoms with Crippen LogP contribution in [-0.4, -0.2) is 16.3 Å². The maximum absolute atomic E-state index is 11.1. The first-order valence-corrected chi connectivity index (χ1v) is 4.56.